The Balaban J connectivity index is 2.38. The molecule has 2 rings (SSSR count). The van der Waals surface area contributed by atoms with Crippen LogP contribution < -0.4 is 4.74 Å². The Bertz CT molecular complexity index is 454. The third kappa shape index (κ3) is 2.85. The number of para-hydroxylation sites is 1. The van der Waals surface area contributed by atoms with Crippen molar-refractivity contribution in [2.45, 2.75) is 31.2 Å². The molecule has 0 amide bonds. The molecule has 0 saturated heterocycles. The zero-order valence-electron chi connectivity index (χ0n) is 9.57. The van der Waals surface area contributed by atoms with E-state index in [1.807, 2.05) is 0 Å². The predicted molar refractivity (Wildman–Crippen MR) is 60.0 cm³/mol. The number of halogens is 3. The molecule has 1 aromatic rings. The number of benzene rings is 1. The van der Waals surface area contributed by atoms with Crippen molar-refractivity contribution in [1.82, 2.24) is 0 Å². The zero-order chi connectivity index (χ0) is 13.2. The van der Waals surface area contributed by atoms with Gasteiger partial charge < -0.3 is 9.84 Å². The molecule has 2 nitrogen and oxygen atoms in total. The van der Waals surface area contributed by atoms with Crippen molar-refractivity contribution in [3.05, 3.63) is 42.0 Å². The number of ether oxygens (including phenoxy) is 1. The summed E-state index contributed by atoms with van der Waals surface area (Å²) in [6, 6.07) is 5.69. The van der Waals surface area contributed by atoms with Crippen molar-refractivity contribution in [3.8, 4) is 5.75 Å². The molecule has 98 valence electrons. The molecule has 0 bridgehead atoms. The molecule has 1 aromatic carbocycles. The summed E-state index contributed by atoms with van der Waals surface area (Å²) in [6.45, 7) is 0. The van der Waals surface area contributed by atoms with Crippen LogP contribution in [-0.4, -0.2) is 11.5 Å². The molecule has 0 radical (unpaired) electrons. The van der Waals surface area contributed by atoms with Crippen molar-refractivity contribution < 1.29 is 23.0 Å². The van der Waals surface area contributed by atoms with Crippen LogP contribution >= 0.6 is 0 Å². The number of allylic oxidation sites excluding steroid dienone is 1. The maximum atomic E-state index is 12.3. The van der Waals surface area contributed by atoms with Crippen molar-refractivity contribution >= 4 is 0 Å². The van der Waals surface area contributed by atoms with Crippen molar-refractivity contribution in [2.24, 2.45) is 0 Å². The smallest absolute Gasteiger partial charge is 0.405 e. The Morgan fingerprint density at radius 2 is 1.94 bits per heavy atom. The van der Waals surface area contributed by atoms with E-state index in [2.05, 4.69) is 4.74 Å². The molecule has 1 unspecified atom stereocenters. The van der Waals surface area contributed by atoms with E-state index in [0.29, 0.717) is 6.42 Å². The Morgan fingerprint density at radius 1 is 1.22 bits per heavy atom. The minimum Gasteiger partial charge on any atom is -0.405 e. The number of hydrogen-bond donors (Lipinski definition) is 1. The third-order valence-corrected chi connectivity index (χ3v) is 2.90. The van der Waals surface area contributed by atoms with Gasteiger partial charge in [0, 0.05) is 5.56 Å². The van der Waals surface area contributed by atoms with E-state index in [1.165, 1.54) is 24.3 Å². The first kappa shape index (κ1) is 13.0. The molecule has 1 aliphatic rings. The summed E-state index contributed by atoms with van der Waals surface area (Å²) < 4.78 is 40.8. The van der Waals surface area contributed by atoms with Gasteiger partial charge in [0.25, 0.3) is 0 Å². The Hall–Kier alpha value is -1.49. The first-order chi connectivity index (χ1) is 8.41. The topological polar surface area (TPSA) is 29.5 Å². The summed E-state index contributed by atoms with van der Waals surface area (Å²) >= 11 is 0. The third-order valence-electron chi connectivity index (χ3n) is 2.90. The van der Waals surface area contributed by atoms with E-state index in [4.69, 9.17) is 0 Å². The van der Waals surface area contributed by atoms with Gasteiger partial charge in [0.05, 0.1) is 0 Å². The molecule has 1 atom stereocenters. The van der Waals surface area contributed by atoms with Crippen LogP contribution in [-0.2, 0) is 5.60 Å². The van der Waals surface area contributed by atoms with Crippen LogP contribution in [0.25, 0.3) is 0 Å². The van der Waals surface area contributed by atoms with Crippen LogP contribution in [0.2, 0.25) is 0 Å². The highest BCUT2D eigenvalue weighted by molar-refractivity contribution is 5.41. The summed E-state index contributed by atoms with van der Waals surface area (Å²) in [6.07, 6.45) is 0.494. The summed E-state index contributed by atoms with van der Waals surface area (Å²) in [4.78, 5) is 0. The lowest BCUT2D eigenvalue weighted by molar-refractivity contribution is -0.275. The van der Waals surface area contributed by atoms with E-state index < -0.39 is 12.0 Å². The fourth-order valence-corrected chi connectivity index (χ4v) is 2.11. The van der Waals surface area contributed by atoms with Crippen molar-refractivity contribution in [3.63, 3.8) is 0 Å². The maximum absolute atomic E-state index is 12.3. The summed E-state index contributed by atoms with van der Waals surface area (Å²) in [5.41, 5.74) is -1.22. The highest BCUT2D eigenvalue weighted by atomic mass is 19.4. The fraction of sp³-hybridized carbons (Fsp3) is 0.385. The van der Waals surface area contributed by atoms with Gasteiger partial charge in [-0.3, -0.25) is 0 Å². The van der Waals surface area contributed by atoms with Gasteiger partial charge in [0.2, 0.25) is 0 Å². The molecule has 0 fully saturated rings. The summed E-state index contributed by atoms with van der Waals surface area (Å²) in [7, 11) is 0. The standard InChI is InChI=1S/C13H13F3O2/c14-13(15,16)18-11-7-3-2-6-10(11)12(17)8-4-1-5-9-12/h2-4,6-8,17H,1,5,9H2. The van der Waals surface area contributed by atoms with Gasteiger partial charge in [-0.1, -0.05) is 30.4 Å². The van der Waals surface area contributed by atoms with E-state index >= 15 is 0 Å². The van der Waals surface area contributed by atoms with Crippen LogP contribution in [0.4, 0.5) is 13.2 Å². The second-order valence-corrected chi connectivity index (χ2v) is 4.26. The number of aliphatic hydroxyl groups is 1. The normalized spacial score (nSPS) is 24.0. The number of rotatable bonds is 2. The van der Waals surface area contributed by atoms with Gasteiger partial charge >= 0.3 is 6.36 Å². The van der Waals surface area contributed by atoms with Crippen LogP contribution in [0.1, 0.15) is 24.8 Å². The lowest BCUT2D eigenvalue weighted by Gasteiger charge is -2.29. The van der Waals surface area contributed by atoms with Crippen LogP contribution in [0, 0.1) is 0 Å². The molecular weight excluding hydrogens is 245 g/mol. The van der Waals surface area contributed by atoms with Crippen LogP contribution in [0.15, 0.2) is 36.4 Å². The van der Waals surface area contributed by atoms with Gasteiger partial charge in [-0.2, -0.15) is 0 Å². The first-order valence-electron chi connectivity index (χ1n) is 5.66. The van der Waals surface area contributed by atoms with Crippen LogP contribution in [0.5, 0.6) is 5.75 Å². The van der Waals surface area contributed by atoms with Gasteiger partial charge in [-0.05, 0) is 25.3 Å². The fourth-order valence-electron chi connectivity index (χ4n) is 2.11. The zero-order valence-corrected chi connectivity index (χ0v) is 9.57. The highest BCUT2D eigenvalue weighted by Gasteiger charge is 2.36. The van der Waals surface area contributed by atoms with E-state index in [0.717, 1.165) is 12.8 Å². The molecular formula is C13H13F3O2. The number of hydrogen-bond acceptors (Lipinski definition) is 2. The van der Waals surface area contributed by atoms with Crippen molar-refractivity contribution in [1.29, 1.82) is 0 Å². The molecule has 1 N–H and O–H groups in total. The van der Waals surface area contributed by atoms with Gasteiger partial charge in [0.15, 0.2) is 0 Å². The molecule has 0 saturated carbocycles. The van der Waals surface area contributed by atoms with E-state index in [1.54, 1.807) is 12.1 Å². The molecule has 1 aliphatic carbocycles. The van der Waals surface area contributed by atoms with Gasteiger partial charge in [0.1, 0.15) is 11.4 Å². The average molecular weight is 258 g/mol. The quantitative estimate of drug-likeness (QED) is 0.822. The Labute approximate surface area is 103 Å². The SMILES string of the molecule is OC1(c2ccccc2OC(F)(F)F)C=CCCC1. The lowest BCUT2D eigenvalue weighted by Crippen LogP contribution is -2.27. The van der Waals surface area contributed by atoms with Gasteiger partial charge in [-0.25, -0.2) is 0 Å². The molecule has 0 spiro atoms. The lowest BCUT2D eigenvalue weighted by atomic mass is 9.84. The first-order valence-corrected chi connectivity index (χ1v) is 5.66. The average Bonchev–Trinajstić information content (AvgIpc) is 2.28. The Morgan fingerprint density at radius 3 is 2.56 bits per heavy atom. The summed E-state index contributed by atoms with van der Waals surface area (Å²) in [5.74, 6) is -0.348. The number of alkyl halides is 3. The van der Waals surface area contributed by atoms with Gasteiger partial charge in [-0.15, -0.1) is 13.2 Å². The van der Waals surface area contributed by atoms with E-state index in [9.17, 15) is 18.3 Å². The van der Waals surface area contributed by atoms with E-state index in [-0.39, 0.29) is 11.3 Å². The molecule has 0 aromatic heterocycles. The minimum absolute atomic E-state index is 0.151. The largest absolute Gasteiger partial charge is 0.573 e. The molecule has 5 heteroatoms. The molecule has 0 heterocycles. The van der Waals surface area contributed by atoms with Crippen LogP contribution in [0.3, 0.4) is 0 Å². The molecule has 18 heavy (non-hydrogen) atoms. The second kappa shape index (κ2) is 4.65. The highest BCUT2D eigenvalue weighted by Crippen LogP contribution is 2.39. The second-order valence-electron chi connectivity index (χ2n) is 4.26. The summed E-state index contributed by atoms with van der Waals surface area (Å²) in [5, 5.41) is 10.4. The Kier molecular flexibility index (Phi) is 3.34. The monoisotopic (exact) mass is 258 g/mol. The predicted octanol–water partition coefficient (Wildman–Crippen LogP) is 3.51. The molecule has 0 aliphatic heterocycles. The van der Waals surface area contributed by atoms with Crippen molar-refractivity contribution in [2.75, 3.05) is 0 Å². The minimum atomic E-state index is -4.76. The maximum Gasteiger partial charge on any atom is 0.573 e.